The third-order valence-electron chi connectivity index (χ3n) is 1.36. The fourth-order valence-corrected chi connectivity index (χ4v) is 0.895. The Morgan fingerprint density at radius 1 is 1.67 bits per heavy atom. The first-order chi connectivity index (χ1) is 3.80. The van der Waals surface area contributed by atoms with Crippen molar-refractivity contribution in [3.8, 4) is 0 Å². The fourth-order valence-electron chi connectivity index (χ4n) is 0.895. The number of carboxylic acids is 1. The van der Waals surface area contributed by atoms with Crippen LogP contribution in [0.3, 0.4) is 0 Å². The van der Waals surface area contributed by atoms with Crippen molar-refractivity contribution in [2.75, 3.05) is 6.54 Å². The first kappa shape index (κ1) is 9.20. The van der Waals surface area contributed by atoms with Crippen molar-refractivity contribution in [1.29, 1.82) is 0 Å². The lowest BCUT2D eigenvalue weighted by Gasteiger charge is -1.99. The zero-order chi connectivity index (χ0) is 5.98. The van der Waals surface area contributed by atoms with Gasteiger partial charge in [0.1, 0.15) is 6.04 Å². The highest BCUT2D eigenvalue weighted by Gasteiger charge is 2.20. The van der Waals surface area contributed by atoms with Crippen LogP contribution < -0.4 is 5.32 Å². The van der Waals surface area contributed by atoms with Gasteiger partial charge in [0.15, 0.2) is 0 Å². The Morgan fingerprint density at radius 3 is 2.56 bits per heavy atom. The summed E-state index contributed by atoms with van der Waals surface area (Å²) in [5.41, 5.74) is 0. The van der Waals surface area contributed by atoms with Crippen LogP contribution in [0.4, 0.5) is 0 Å². The summed E-state index contributed by atoms with van der Waals surface area (Å²) in [5, 5.41) is 11.2. The van der Waals surface area contributed by atoms with Gasteiger partial charge in [-0.05, 0) is 19.4 Å². The molecule has 1 saturated heterocycles. The van der Waals surface area contributed by atoms with Crippen molar-refractivity contribution in [2.24, 2.45) is 0 Å². The van der Waals surface area contributed by atoms with E-state index in [4.69, 9.17) is 5.11 Å². The van der Waals surface area contributed by atoms with Gasteiger partial charge in [-0.1, -0.05) is 0 Å². The number of carbonyl (C=O) groups is 1. The monoisotopic (exact) mass is 139 g/mol. The molecule has 1 rings (SSSR count). The zero-order valence-corrected chi connectivity index (χ0v) is 6.68. The normalized spacial score (nSPS) is 25.1. The molecular weight excluding hydrogens is 130 g/mol. The highest BCUT2D eigenvalue weighted by atomic mass is 24.3. The van der Waals surface area contributed by atoms with E-state index in [0.717, 1.165) is 19.4 Å². The number of rotatable bonds is 1. The average Bonchev–Trinajstić information content (AvgIpc) is 2.12. The summed E-state index contributed by atoms with van der Waals surface area (Å²) >= 11 is 0. The van der Waals surface area contributed by atoms with Gasteiger partial charge < -0.3 is 10.4 Å². The van der Waals surface area contributed by atoms with E-state index in [2.05, 4.69) is 5.32 Å². The van der Waals surface area contributed by atoms with Crippen LogP contribution in [0.25, 0.3) is 0 Å². The maximum atomic E-state index is 10.1. The van der Waals surface area contributed by atoms with E-state index in [-0.39, 0.29) is 29.1 Å². The summed E-state index contributed by atoms with van der Waals surface area (Å²) in [6.07, 6.45) is 1.78. The van der Waals surface area contributed by atoms with E-state index in [9.17, 15) is 4.79 Å². The van der Waals surface area contributed by atoms with E-state index in [0.29, 0.717) is 0 Å². The van der Waals surface area contributed by atoms with Crippen LogP contribution >= 0.6 is 0 Å². The van der Waals surface area contributed by atoms with E-state index >= 15 is 0 Å². The molecule has 0 aromatic rings. The molecule has 0 saturated carbocycles. The lowest BCUT2D eigenvalue weighted by atomic mass is 10.2. The van der Waals surface area contributed by atoms with Gasteiger partial charge in [0.2, 0.25) is 0 Å². The van der Waals surface area contributed by atoms with Gasteiger partial charge in [0, 0.05) is 23.1 Å². The lowest BCUT2D eigenvalue weighted by Crippen LogP contribution is -2.29. The largest absolute Gasteiger partial charge is 0.480 e. The Balaban J connectivity index is 0.000000640. The minimum atomic E-state index is -0.720. The van der Waals surface area contributed by atoms with Gasteiger partial charge in [0.05, 0.1) is 0 Å². The highest BCUT2D eigenvalue weighted by molar-refractivity contribution is 5.75. The third kappa shape index (κ3) is 2.51. The molecule has 0 spiro atoms. The maximum Gasteiger partial charge on any atom is 0.320 e. The van der Waals surface area contributed by atoms with E-state index < -0.39 is 5.97 Å². The van der Waals surface area contributed by atoms with Crippen LogP contribution in [0, 0.1) is 0 Å². The summed E-state index contributed by atoms with van der Waals surface area (Å²) in [5.74, 6) is -0.720. The summed E-state index contributed by atoms with van der Waals surface area (Å²) in [6.45, 7) is 0.858. The molecule has 2 N–H and O–H groups in total. The number of carboxylic acid groups (broad SMARTS) is 1. The second-order valence-electron chi connectivity index (χ2n) is 1.99. The van der Waals surface area contributed by atoms with Gasteiger partial charge in [-0.25, -0.2) is 0 Å². The number of hydrogen-bond donors (Lipinski definition) is 2. The molecule has 1 aliphatic rings. The van der Waals surface area contributed by atoms with Crippen LogP contribution in [-0.4, -0.2) is 46.7 Å². The molecule has 0 aromatic carbocycles. The van der Waals surface area contributed by atoms with Crippen LogP contribution in [0.15, 0.2) is 0 Å². The Bertz CT molecular complexity index is 101. The van der Waals surface area contributed by atoms with Crippen molar-refractivity contribution in [1.82, 2.24) is 5.32 Å². The zero-order valence-electron chi connectivity index (χ0n) is 5.26. The molecule has 0 amide bonds. The van der Waals surface area contributed by atoms with Gasteiger partial charge in [-0.15, -0.1) is 0 Å². The van der Waals surface area contributed by atoms with Crippen molar-refractivity contribution in [2.45, 2.75) is 18.9 Å². The predicted molar refractivity (Wildman–Crippen MR) is 34.4 cm³/mol. The smallest absolute Gasteiger partial charge is 0.320 e. The second-order valence-corrected chi connectivity index (χ2v) is 1.99. The first-order valence-corrected chi connectivity index (χ1v) is 2.77. The van der Waals surface area contributed by atoms with E-state index in [1.807, 2.05) is 0 Å². The molecule has 0 aromatic heterocycles. The Labute approximate surface area is 70.0 Å². The standard InChI is InChI=1S/C5H9NO2.Mg/c7-5(8)4-2-1-3-6-4;/h4,6H,1-3H2,(H,7,8);/t4-;/m0./s1. The average molecular weight is 139 g/mol. The fraction of sp³-hybridized carbons (Fsp3) is 0.800. The van der Waals surface area contributed by atoms with E-state index in [1.54, 1.807) is 0 Å². The minimum Gasteiger partial charge on any atom is -0.480 e. The number of nitrogens with one attached hydrogen (secondary N) is 1. The second kappa shape index (κ2) is 4.08. The van der Waals surface area contributed by atoms with Crippen molar-refractivity contribution in [3.05, 3.63) is 0 Å². The van der Waals surface area contributed by atoms with Crippen LogP contribution in [0.5, 0.6) is 0 Å². The summed E-state index contributed by atoms with van der Waals surface area (Å²) < 4.78 is 0. The molecule has 3 nitrogen and oxygen atoms in total. The lowest BCUT2D eigenvalue weighted by molar-refractivity contribution is -0.139. The SMILES string of the molecule is O=C(O)[C@@H]1CCCN1.[Mg]. The highest BCUT2D eigenvalue weighted by Crippen LogP contribution is 2.03. The molecule has 1 fully saturated rings. The maximum absolute atomic E-state index is 10.1. The van der Waals surface area contributed by atoms with Gasteiger partial charge in [-0.2, -0.15) is 0 Å². The van der Waals surface area contributed by atoms with Crippen molar-refractivity contribution >= 4 is 29.0 Å². The summed E-state index contributed by atoms with van der Waals surface area (Å²) in [7, 11) is 0. The molecule has 1 heterocycles. The van der Waals surface area contributed by atoms with Crippen molar-refractivity contribution < 1.29 is 9.90 Å². The molecule has 48 valence electrons. The molecule has 0 bridgehead atoms. The van der Waals surface area contributed by atoms with Gasteiger partial charge in [0.25, 0.3) is 0 Å². The quantitative estimate of drug-likeness (QED) is 0.479. The Hall–Kier alpha value is 0.196. The number of hydrogen-bond acceptors (Lipinski definition) is 2. The summed E-state index contributed by atoms with van der Waals surface area (Å²) in [4.78, 5) is 10.1. The van der Waals surface area contributed by atoms with Crippen LogP contribution in [0.1, 0.15) is 12.8 Å². The molecule has 0 aliphatic carbocycles. The van der Waals surface area contributed by atoms with Crippen LogP contribution in [0.2, 0.25) is 0 Å². The third-order valence-corrected chi connectivity index (χ3v) is 1.36. The predicted octanol–water partition coefficient (Wildman–Crippen LogP) is -0.558. The Morgan fingerprint density at radius 2 is 2.33 bits per heavy atom. The molecule has 9 heavy (non-hydrogen) atoms. The van der Waals surface area contributed by atoms with Crippen molar-refractivity contribution in [3.63, 3.8) is 0 Å². The molecule has 1 atom stereocenters. The minimum absolute atomic E-state index is 0. The molecule has 2 radical (unpaired) electrons. The van der Waals surface area contributed by atoms with Crippen LogP contribution in [-0.2, 0) is 4.79 Å². The molecule has 1 aliphatic heterocycles. The van der Waals surface area contributed by atoms with Gasteiger partial charge >= 0.3 is 5.97 Å². The Kier molecular flexibility index (Phi) is 4.17. The molecular formula is C5H9MgNO2. The topological polar surface area (TPSA) is 49.3 Å². The molecule has 4 heteroatoms. The summed E-state index contributed by atoms with van der Waals surface area (Å²) in [6, 6.07) is -0.269. The first-order valence-electron chi connectivity index (χ1n) is 2.77. The number of aliphatic carboxylic acids is 1. The van der Waals surface area contributed by atoms with E-state index in [1.165, 1.54) is 0 Å². The molecule has 0 unspecified atom stereocenters. The van der Waals surface area contributed by atoms with Gasteiger partial charge in [-0.3, -0.25) is 4.79 Å².